The van der Waals surface area contributed by atoms with E-state index in [0.717, 1.165) is 16.7 Å². The van der Waals surface area contributed by atoms with Gasteiger partial charge in [0.25, 0.3) is 11.5 Å². The molecule has 3 N–H and O–H groups in total. The van der Waals surface area contributed by atoms with Gasteiger partial charge in [0.2, 0.25) is 5.88 Å². The molecule has 0 atom stereocenters. The van der Waals surface area contributed by atoms with Crippen molar-refractivity contribution in [3.8, 4) is 5.88 Å². The van der Waals surface area contributed by atoms with Crippen molar-refractivity contribution in [3.05, 3.63) is 45.2 Å². The van der Waals surface area contributed by atoms with Gasteiger partial charge in [-0.25, -0.2) is 8.42 Å². The number of amides is 1. The van der Waals surface area contributed by atoms with E-state index in [9.17, 15) is 37.6 Å². The van der Waals surface area contributed by atoms with Crippen LogP contribution in [0, 0.1) is 6.92 Å². The number of carbonyl (C=O) groups is 2. The predicted molar refractivity (Wildman–Crippen MR) is 94.2 cm³/mol. The summed E-state index contributed by atoms with van der Waals surface area (Å²) in [6, 6.07) is 2.25. The van der Waals surface area contributed by atoms with Crippen LogP contribution in [0.2, 0.25) is 0 Å². The zero-order valence-electron chi connectivity index (χ0n) is 17.1. The van der Waals surface area contributed by atoms with Crippen molar-refractivity contribution < 1.29 is 91.9 Å². The van der Waals surface area contributed by atoms with Gasteiger partial charge in [-0.15, -0.1) is 10.2 Å². The summed E-state index contributed by atoms with van der Waals surface area (Å²) in [7, 11) is -4.93. The first-order valence-electron chi connectivity index (χ1n) is 7.89. The minimum atomic E-state index is -4.93. The topological polar surface area (TPSA) is 207 Å². The Balaban J connectivity index is 0.00000450. The molecule has 0 aliphatic rings. The minimum absolute atomic E-state index is 0. The number of aromatic nitrogens is 1. The number of hydrogen-bond donors (Lipinski definition) is 2. The summed E-state index contributed by atoms with van der Waals surface area (Å²) in [6.45, 7) is 2.76. The van der Waals surface area contributed by atoms with Crippen LogP contribution in [0.5, 0.6) is 5.88 Å². The Morgan fingerprint density at radius 3 is 2.26 bits per heavy atom. The monoisotopic (exact) mass is 468 g/mol. The number of pyridine rings is 1. The molecule has 0 aliphatic heterocycles. The molecular weight excluding hydrogens is 454 g/mol. The Kier molecular flexibility index (Phi) is 10.8. The van der Waals surface area contributed by atoms with Crippen molar-refractivity contribution >= 4 is 33.4 Å². The number of carboxylic acids is 1. The fraction of sp³-hybridized carbons (Fsp3) is 0.188. The van der Waals surface area contributed by atoms with E-state index < -0.39 is 55.3 Å². The molecular formula is C16H14N4Na2O8S. The van der Waals surface area contributed by atoms with Crippen molar-refractivity contribution in [2.75, 3.05) is 0 Å². The third-order valence-corrected chi connectivity index (χ3v) is 4.79. The van der Waals surface area contributed by atoms with Crippen LogP contribution >= 0.6 is 0 Å². The number of benzene rings is 1. The largest absolute Gasteiger partial charge is 1.00 e. The molecule has 1 aromatic heterocycles. The number of hydrogen-bond acceptors (Lipinski definition) is 10. The van der Waals surface area contributed by atoms with Crippen LogP contribution in [0.4, 0.5) is 11.4 Å². The molecule has 2 aromatic rings. The fourth-order valence-electron chi connectivity index (χ4n) is 2.54. The number of carbonyl (C=O) groups excluding carboxylic acids is 2. The number of aromatic carboxylic acids is 1. The molecule has 15 heteroatoms. The van der Waals surface area contributed by atoms with Crippen molar-refractivity contribution in [1.29, 1.82) is 0 Å². The molecule has 1 amide bonds. The van der Waals surface area contributed by atoms with Crippen LogP contribution in [0.1, 0.15) is 33.2 Å². The predicted octanol–water partition coefficient (Wildman–Crippen LogP) is -6.33. The van der Waals surface area contributed by atoms with E-state index in [-0.39, 0.29) is 76.8 Å². The van der Waals surface area contributed by atoms with Gasteiger partial charge in [-0.05, 0) is 32.0 Å². The Morgan fingerprint density at radius 1 is 1.23 bits per heavy atom. The average Bonchev–Trinajstić information content (AvgIpc) is 2.60. The van der Waals surface area contributed by atoms with Gasteiger partial charge in [0.1, 0.15) is 15.7 Å². The maximum atomic E-state index is 12.5. The number of carboxylic acid groups (broad SMARTS) is 1. The summed E-state index contributed by atoms with van der Waals surface area (Å²) in [5.41, 5.74) is 2.37. The van der Waals surface area contributed by atoms with Crippen LogP contribution in [0.3, 0.4) is 0 Å². The first-order chi connectivity index (χ1) is 13.4. The van der Waals surface area contributed by atoms with Crippen LogP contribution in [-0.4, -0.2) is 34.5 Å². The van der Waals surface area contributed by atoms with Crippen molar-refractivity contribution in [2.45, 2.75) is 25.3 Å². The standard InChI is InChI=1S/C16H16N4O8S.2Na/c1-3-20-14(22)11(13(17)21)7(2)12(15(20)23)19-18-10-5-4-8(29(26,27)28)6-9(10)16(24)25;;/h4-6,22H,3H2,1-2H3,(H2,17,21)(H,24,25)(H,26,27,28);;/q;2*+1/p-2. The van der Waals surface area contributed by atoms with Gasteiger partial charge >= 0.3 is 59.1 Å². The van der Waals surface area contributed by atoms with Gasteiger partial charge in [-0.3, -0.25) is 14.2 Å². The first kappa shape index (κ1) is 29.4. The van der Waals surface area contributed by atoms with E-state index in [2.05, 4.69) is 10.2 Å². The molecule has 1 aromatic carbocycles. The van der Waals surface area contributed by atoms with Crippen LogP contribution in [0.25, 0.3) is 0 Å². The number of aromatic hydroxyl groups is 1. The summed E-state index contributed by atoms with van der Waals surface area (Å²) in [4.78, 5) is 34.6. The molecule has 0 bridgehead atoms. The van der Waals surface area contributed by atoms with E-state index in [1.54, 1.807) is 0 Å². The van der Waals surface area contributed by atoms with E-state index in [1.165, 1.54) is 13.8 Å². The number of nitrogens with zero attached hydrogens (tertiary/aromatic N) is 3. The summed E-state index contributed by atoms with van der Waals surface area (Å²) >= 11 is 0. The molecule has 0 radical (unpaired) electrons. The van der Waals surface area contributed by atoms with E-state index in [1.807, 2.05) is 0 Å². The molecule has 0 fully saturated rings. The summed E-state index contributed by atoms with van der Waals surface area (Å²) in [5, 5.41) is 28.6. The van der Waals surface area contributed by atoms with Gasteiger partial charge in [0.15, 0.2) is 5.69 Å². The van der Waals surface area contributed by atoms with Crippen molar-refractivity contribution in [2.24, 2.45) is 16.0 Å². The van der Waals surface area contributed by atoms with E-state index in [0.29, 0.717) is 6.07 Å². The summed E-state index contributed by atoms with van der Waals surface area (Å²) in [5.74, 6) is -3.52. The third kappa shape index (κ3) is 6.23. The van der Waals surface area contributed by atoms with Crippen LogP contribution in [-0.2, 0) is 16.7 Å². The van der Waals surface area contributed by atoms with Gasteiger partial charge in [0.05, 0.1) is 16.6 Å². The van der Waals surface area contributed by atoms with Crippen molar-refractivity contribution in [1.82, 2.24) is 4.57 Å². The normalized spacial score (nSPS) is 10.9. The molecule has 0 unspecified atom stereocenters. The summed E-state index contributed by atoms with van der Waals surface area (Å²) in [6.07, 6.45) is 0. The molecule has 0 saturated heterocycles. The number of rotatable bonds is 6. The SMILES string of the molecule is CCn1c(O)c(C(N)=O)c(C)c(N=Nc2ccc(S(=O)(=O)[O-])cc2C(=O)[O-])c1=O.[Na+].[Na+]. The molecule has 2 rings (SSSR count). The molecule has 154 valence electrons. The number of primary amides is 1. The van der Waals surface area contributed by atoms with Crippen LogP contribution < -0.4 is 75.5 Å². The molecule has 12 nitrogen and oxygen atoms in total. The van der Waals surface area contributed by atoms with E-state index in [4.69, 9.17) is 5.73 Å². The zero-order chi connectivity index (χ0) is 22.1. The Labute approximate surface area is 220 Å². The van der Waals surface area contributed by atoms with Crippen molar-refractivity contribution in [3.63, 3.8) is 0 Å². The second-order valence-electron chi connectivity index (χ2n) is 5.71. The maximum Gasteiger partial charge on any atom is 1.00 e. The smallest absolute Gasteiger partial charge is 0.744 e. The number of azo groups is 1. The Morgan fingerprint density at radius 2 is 1.81 bits per heavy atom. The van der Waals surface area contributed by atoms with Gasteiger partial charge < -0.3 is 25.3 Å². The minimum Gasteiger partial charge on any atom is -0.744 e. The molecule has 1 heterocycles. The average molecular weight is 468 g/mol. The van der Waals surface area contributed by atoms with Gasteiger partial charge in [-0.1, -0.05) is 0 Å². The van der Waals surface area contributed by atoms with Crippen LogP contribution in [0.15, 0.2) is 38.1 Å². The van der Waals surface area contributed by atoms with Gasteiger partial charge in [0, 0.05) is 17.7 Å². The Hall–Kier alpha value is -1.58. The third-order valence-electron chi connectivity index (χ3n) is 3.95. The fourth-order valence-corrected chi connectivity index (χ4v) is 3.03. The summed E-state index contributed by atoms with van der Waals surface area (Å²) < 4.78 is 34.0. The number of nitrogens with two attached hydrogens (primary N) is 1. The first-order valence-corrected chi connectivity index (χ1v) is 9.30. The second-order valence-corrected chi connectivity index (χ2v) is 7.09. The molecule has 0 saturated carbocycles. The molecule has 31 heavy (non-hydrogen) atoms. The van der Waals surface area contributed by atoms with Gasteiger partial charge in [-0.2, -0.15) is 0 Å². The van der Waals surface area contributed by atoms with E-state index >= 15 is 0 Å². The Bertz CT molecular complexity index is 1230. The molecule has 0 aliphatic carbocycles. The quantitative estimate of drug-likeness (QED) is 0.236. The molecule has 0 spiro atoms. The second kappa shape index (κ2) is 11.3. The zero-order valence-corrected chi connectivity index (χ0v) is 21.9. The maximum absolute atomic E-state index is 12.5.